The molecule has 2 heterocycles. The van der Waals surface area contributed by atoms with Gasteiger partial charge in [-0.3, -0.25) is 4.99 Å². The monoisotopic (exact) mass is 483 g/mol. The van der Waals surface area contributed by atoms with Crippen molar-refractivity contribution < 1.29 is 4.42 Å². The highest BCUT2D eigenvalue weighted by molar-refractivity contribution is 14.0. The summed E-state index contributed by atoms with van der Waals surface area (Å²) < 4.78 is 5.54. The Kier molecular flexibility index (Phi) is 8.05. The lowest BCUT2D eigenvalue weighted by Crippen LogP contribution is -2.36. The molecule has 3 rings (SSSR count). The van der Waals surface area contributed by atoms with E-state index in [1.807, 2.05) is 36.5 Å². The van der Waals surface area contributed by atoms with Crippen molar-refractivity contribution in [1.29, 1.82) is 0 Å². The summed E-state index contributed by atoms with van der Waals surface area (Å²) in [5.41, 5.74) is 1.79. The Hall–Kier alpha value is -1.94. The van der Waals surface area contributed by atoms with Crippen LogP contribution in [-0.2, 0) is 19.5 Å². The number of hydrogen-bond donors (Lipinski definition) is 2. The maximum Gasteiger partial charge on any atom is 0.226 e. The van der Waals surface area contributed by atoms with E-state index in [4.69, 9.17) is 4.42 Å². The second kappa shape index (κ2) is 10.3. The topological polar surface area (TPSA) is 75.3 Å². The van der Waals surface area contributed by atoms with Crippen molar-refractivity contribution in [3.05, 3.63) is 58.4 Å². The van der Waals surface area contributed by atoms with Crippen LogP contribution in [0.2, 0.25) is 0 Å². The zero-order chi connectivity index (χ0) is 17.5. The molecule has 0 bridgehead atoms. The number of rotatable bonds is 6. The van der Waals surface area contributed by atoms with E-state index >= 15 is 0 Å². The molecule has 0 saturated carbocycles. The third kappa shape index (κ3) is 5.53. The lowest BCUT2D eigenvalue weighted by atomic mass is 10.2. The molecule has 0 spiro atoms. The second-order valence-electron chi connectivity index (χ2n) is 5.36. The summed E-state index contributed by atoms with van der Waals surface area (Å²) in [5, 5.41) is 7.54. The smallest absolute Gasteiger partial charge is 0.226 e. The quantitative estimate of drug-likeness (QED) is 0.317. The van der Waals surface area contributed by atoms with Crippen molar-refractivity contribution in [2.45, 2.75) is 26.4 Å². The number of thiazole rings is 1. The minimum Gasteiger partial charge on any atom is -0.444 e. The maximum absolute atomic E-state index is 5.54. The number of hydrogen-bond acceptors (Lipinski definition) is 5. The van der Waals surface area contributed by atoms with Crippen LogP contribution in [0.15, 0.2) is 52.2 Å². The minimum atomic E-state index is 0. The number of oxazole rings is 1. The third-order valence-corrected chi connectivity index (χ3v) is 4.73. The maximum atomic E-state index is 5.54. The third-order valence-electron chi connectivity index (χ3n) is 3.59. The molecule has 3 aromatic rings. The largest absolute Gasteiger partial charge is 0.444 e. The Balaban J connectivity index is 0.00000243. The lowest BCUT2D eigenvalue weighted by Gasteiger charge is -2.09. The summed E-state index contributed by atoms with van der Waals surface area (Å²) in [7, 11) is 1.74. The molecule has 0 saturated heterocycles. The van der Waals surface area contributed by atoms with Crippen LogP contribution in [0.3, 0.4) is 0 Å². The molecular weight excluding hydrogens is 461 g/mol. The predicted molar refractivity (Wildman–Crippen MR) is 116 cm³/mol. The molecule has 26 heavy (non-hydrogen) atoms. The van der Waals surface area contributed by atoms with Crippen molar-refractivity contribution in [2.75, 3.05) is 7.05 Å². The Bertz CT molecular complexity index is 831. The molecule has 0 amide bonds. The molecule has 0 radical (unpaired) electrons. The van der Waals surface area contributed by atoms with Crippen molar-refractivity contribution in [3.63, 3.8) is 0 Å². The van der Waals surface area contributed by atoms with Crippen LogP contribution in [-0.4, -0.2) is 23.0 Å². The first-order chi connectivity index (χ1) is 12.3. The van der Waals surface area contributed by atoms with Gasteiger partial charge in [-0.15, -0.1) is 35.3 Å². The van der Waals surface area contributed by atoms with Gasteiger partial charge in [-0.1, -0.05) is 25.1 Å². The summed E-state index contributed by atoms with van der Waals surface area (Å²) in [5.74, 6) is 1.33. The summed E-state index contributed by atoms with van der Waals surface area (Å²) in [6.07, 6.45) is 4.61. The van der Waals surface area contributed by atoms with E-state index in [1.54, 1.807) is 24.6 Å². The van der Waals surface area contributed by atoms with Gasteiger partial charge >= 0.3 is 0 Å². The average Bonchev–Trinajstić information content (AvgIpc) is 3.32. The van der Waals surface area contributed by atoms with Gasteiger partial charge in [0.25, 0.3) is 0 Å². The molecule has 0 atom stereocenters. The molecule has 2 N–H and O–H groups in total. The van der Waals surface area contributed by atoms with E-state index < -0.39 is 0 Å². The number of halogens is 1. The first-order valence-electron chi connectivity index (χ1n) is 8.16. The van der Waals surface area contributed by atoms with Gasteiger partial charge < -0.3 is 15.1 Å². The van der Waals surface area contributed by atoms with Crippen LogP contribution in [0.1, 0.15) is 22.5 Å². The molecule has 138 valence electrons. The van der Waals surface area contributed by atoms with E-state index in [0.29, 0.717) is 24.9 Å². The average molecular weight is 483 g/mol. The van der Waals surface area contributed by atoms with Crippen LogP contribution < -0.4 is 10.6 Å². The Morgan fingerprint density at radius 3 is 2.65 bits per heavy atom. The summed E-state index contributed by atoms with van der Waals surface area (Å²) >= 11 is 1.72. The summed E-state index contributed by atoms with van der Waals surface area (Å²) in [6, 6.07) is 9.85. The Morgan fingerprint density at radius 2 is 1.96 bits per heavy atom. The van der Waals surface area contributed by atoms with Gasteiger partial charge in [0.1, 0.15) is 11.3 Å². The van der Waals surface area contributed by atoms with Crippen molar-refractivity contribution >= 4 is 41.3 Å². The highest BCUT2D eigenvalue weighted by Crippen LogP contribution is 2.17. The summed E-state index contributed by atoms with van der Waals surface area (Å²) in [6.45, 7) is 3.32. The number of aryl methyl sites for hydroxylation is 1. The molecule has 0 aliphatic carbocycles. The standard InChI is InChI=1S/C18H21N5OS.HI/c1-3-15-10-20-16(25-15)11-22-18(19-2)21-9-14-12-24-17(23-14)13-7-5-4-6-8-13;/h4-8,10,12H,3,9,11H2,1-2H3,(H2,19,21,22);1H. The van der Waals surface area contributed by atoms with Gasteiger partial charge in [-0.25, -0.2) is 9.97 Å². The Morgan fingerprint density at radius 1 is 1.19 bits per heavy atom. The normalized spacial score (nSPS) is 11.1. The number of aromatic nitrogens is 2. The number of benzene rings is 1. The number of aliphatic imine (C=N–C) groups is 1. The Labute approximate surface area is 174 Å². The van der Waals surface area contributed by atoms with Gasteiger partial charge in [-0.05, 0) is 18.6 Å². The fraction of sp³-hybridized carbons (Fsp3) is 0.278. The van der Waals surface area contributed by atoms with Crippen molar-refractivity contribution in [1.82, 2.24) is 20.6 Å². The van der Waals surface area contributed by atoms with Gasteiger partial charge in [0.05, 0.1) is 18.8 Å². The molecule has 1 aromatic carbocycles. The molecule has 0 aliphatic heterocycles. The number of nitrogens with zero attached hydrogens (tertiary/aromatic N) is 3. The summed E-state index contributed by atoms with van der Waals surface area (Å²) in [4.78, 5) is 14.4. The van der Waals surface area contributed by atoms with Crippen LogP contribution >= 0.6 is 35.3 Å². The highest BCUT2D eigenvalue weighted by atomic mass is 127. The molecule has 0 unspecified atom stereocenters. The number of guanidine groups is 1. The predicted octanol–water partition coefficient (Wildman–Crippen LogP) is 3.84. The van der Waals surface area contributed by atoms with Crippen molar-refractivity contribution in [2.24, 2.45) is 4.99 Å². The van der Waals surface area contributed by atoms with E-state index in [-0.39, 0.29) is 24.0 Å². The minimum absolute atomic E-state index is 0. The highest BCUT2D eigenvalue weighted by Gasteiger charge is 2.07. The molecule has 6 nitrogen and oxygen atoms in total. The molecule has 0 aliphatic rings. The van der Waals surface area contributed by atoms with Gasteiger partial charge in [0.2, 0.25) is 5.89 Å². The fourth-order valence-electron chi connectivity index (χ4n) is 2.25. The zero-order valence-corrected chi connectivity index (χ0v) is 17.9. The molecule has 2 aromatic heterocycles. The van der Waals surface area contributed by atoms with Gasteiger partial charge in [0, 0.05) is 23.7 Å². The molecule has 0 fully saturated rings. The van der Waals surface area contributed by atoms with E-state index in [0.717, 1.165) is 22.7 Å². The van der Waals surface area contributed by atoms with Crippen LogP contribution in [0.25, 0.3) is 11.5 Å². The lowest BCUT2D eigenvalue weighted by molar-refractivity contribution is 0.572. The van der Waals surface area contributed by atoms with E-state index in [1.165, 1.54) is 4.88 Å². The molecular formula is C18H22IN5OS. The van der Waals surface area contributed by atoms with Crippen LogP contribution in [0.4, 0.5) is 0 Å². The second-order valence-corrected chi connectivity index (χ2v) is 6.56. The zero-order valence-electron chi connectivity index (χ0n) is 14.7. The van der Waals surface area contributed by atoms with Crippen LogP contribution in [0.5, 0.6) is 0 Å². The van der Waals surface area contributed by atoms with Crippen LogP contribution in [0, 0.1) is 0 Å². The van der Waals surface area contributed by atoms with Gasteiger partial charge in [0.15, 0.2) is 5.96 Å². The van der Waals surface area contributed by atoms with E-state index in [9.17, 15) is 0 Å². The fourth-order valence-corrected chi connectivity index (χ4v) is 3.05. The first-order valence-corrected chi connectivity index (χ1v) is 8.98. The van der Waals surface area contributed by atoms with Crippen molar-refractivity contribution in [3.8, 4) is 11.5 Å². The number of nitrogens with one attached hydrogen (secondary N) is 2. The molecule has 8 heteroatoms. The van der Waals surface area contributed by atoms with Gasteiger partial charge in [-0.2, -0.15) is 0 Å². The van der Waals surface area contributed by atoms with E-state index in [2.05, 4.69) is 32.5 Å². The first kappa shape index (κ1) is 20.4. The SMILES string of the molecule is CCc1cnc(CNC(=NC)NCc2coc(-c3ccccc3)n2)s1.I.